The molecule has 3 atom stereocenters. The van der Waals surface area contributed by atoms with Crippen LogP contribution in [0.15, 0.2) is 109 Å². The minimum atomic E-state index is -1.30. The van der Waals surface area contributed by atoms with Gasteiger partial charge in [0.1, 0.15) is 18.1 Å². The number of nitrogens with one attached hydrogen (secondary N) is 4. The second-order valence-electron chi connectivity index (χ2n) is 14.5. The number of fused-ring (bicyclic) bond motifs is 3. The average molecular weight is 831 g/mol. The Balaban J connectivity index is 1.04. The van der Waals surface area contributed by atoms with Crippen LogP contribution in [0.4, 0.5) is 0 Å². The standard InChI is InChI=1S/C44H42N6O9S/c51-41(22-50(20-28-10-12-36-38(15-28)58-25-56-36)21-29-11-13-37-39(16-29)59-26-57-37)47-34(17-30-23-60-40-9-5-4-8-32(30)40)43(53)48-33(14-27-6-2-1-3-7-27)42(52)49-35(44(54)55)18-31-19-45-24-46-31/h1-13,15-16,19,23-24,33-35H,14,17-18,20-22,25-26H2,(H,45,46)(H,47,51)(H,48,53)(H,49,52)(H,54,55)/t33-,34+,35+/m1/s1. The molecule has 2 aromatic heterocycles. The number of imidazole rings is 1. The lowest BCUT2D eigenvalue weighted by Crippen LogP contribution is -2.57. The van der Waals surface area contributed by atoms with Gasteiger partial charge in [-0.25, -0.2) is 9.78 Å². The van der Waals surface area contributed by atoms with Crippen molar-refractivity contribution in [3.05, 3.63) is 137 Å². The van der Waals surface area contributed by atoms with E-state index in [1.54, 1.807) is 0 Å². The summed E-state index contributed by atoms with van der Waals surface area (Å²) in [6, 6.07) is 24.6. The normalized spacial score (nSPS) is 14.1. The highest BCUT2D eigenvalue weighted by atomic mass is 32.1. The molecule has 3 amide bonds. The van der Waals surface area contributed by atoms with Gasteiger partial charge in [-0.05, 0) is 63.4 Å². The van der Waals surface area contributed by atoms with Gasteiger partial charge in [-0.1, -0.05) is 60.7 Å². The van der Waals surface area contributed by atoms with Crippen molar-refractivity contribution < 1.29 is 43.2 Å². The molecule has 8 rings (SSSR count). The molecule has 0 spiro atoms. The predicted octanol–water partition coefficient (Wildman–Crippen LogP) is 4.35. The van der Waals surface area contributed by atoms with E-state index in [9.17, 15) is 24.3 Å². The Morgan fingerprint density at radius 3 is 1.97 bits per heavy atom. The zero-order valence-corrected chi connectivity index (χ0v) is 33.1. The van der Waals surface area contributed by atoms with Crippen molar-refractivity contribution in [3.8, 4) is 23.0 Å². The molecule has 5 N–H and O–H groups in total. The fourth-order valence-electron chi connectivity index (χ4n) is 7.25. The average Bonchev–Trinajstić information content (AvgIpc) is 4.09. The van der Waals surface area contributed by atoms with Gasteiger partial charge in [-0.3, -0.25) is 19.3 Å². The van der Waals surface area contributed by atoms with Gasteiger partial charge >= 0.3 is 5.97 Å². The number of amides is 3. The largest absolute Gasteiger partial charge is 0.480 e. The van der Waals surface area contributed by atoms with Gasteiger partial charge in [0.25, 0.3) is 0 Å². The highest BCUT2D eigenvalue weighted by Crippen LogP contribution is 2.35. The molecule has 0 saturated heterocycles. The number of hydrogen-bond acceptors (Lipinski definition) is 11. The third-order valence-electron chi connectivity index (χ3n) is 10.2. The quantitative estimate of drug-likeness (QED) is 0.0828. The number of carbonyl (C=O) groups excluding carboxylic acids is 3. The molecule has 60 heavy (non-hydrogen) atoms. The number of aliphatic carboxylic acids is 1. The number of hydrogen-bond donors (Lipinski definition) is 5. The van der Waals surface area contributed by atoms with Crippen molar-refractivity contribution in [1.29, 1.82) is 0 Å². The number of carboxylic acids is 1. The summed E-state index contributed by atoms with van der Waals surface area (Å²) >= 11 is 1.53. The van der Waals surface area contributed by atoms with Crippen molar-refractivity contribution in [1.82, 2.24) is 30.8 Å². The van der Waals surface area contributed by atoms with E-state index in [-0.39, 0.29) is 39.4 Å². The molecular formula is C44H42N6O9S. The van der Waals surface area contributed by atoms with E-state index in [1.807, 2.05) is 101 Å². The molecule has 16 heteroatoms. The van der Waals surface area contributed by atoms with Gasteiger partial charge in [-0.2, -0.15) is 0 Å². The Hall–Kier alpha value is -6.91. The number of thiophene rings is 1. The SMILES string of the molecule is O=C(CN(Cc1ccc2c(c1)OCO2)Cc1ccc2c(c1)OCO2)N[C@@H](Cc1csc2ccccc12)C(=O)N[C@H](Cc1ccccc1)C(=O)N[C@@H](Cc1cnc[nH]1)C(=O)O. The lowest BCUT2D eigenvalue weighted by molar-refractivity contribution is -0.142. The number of nitrogens with zero attached hydrogens (tertiary/aromatic N) is 2. The molecule has 0 unspecified atom stereocenters. The van der Waals surface area contributed by atoms with Crippen LogP contribution in [0.2, 0.25) is 0 Å². The molecule has 4 heterocycles. The first kappa shape index (κ1) is 39.9. The molecule has 0 saturated carbocycles. The molecule has 15 nitrogen and oxygen atoms in total. The van der Waals surface area contributed by atoms with E-state index in [1.165, 1.54) is 23.9 Å². The van der Waals surface area contributed by atoms with Crippen LogP contribution >= 0.6 is 11.3 Å². The fourth-order valence-corrected chi connectivity index (χ4v) is 8.22. The molecule has 308 valence electrons. The predicted molar refractivity (Wildman–Crippen MR) is 221 cm³/mol. The lowest BCUT2D eigenvalue weighted by atomic mass is 10.0. The second kappa shape index (κ2) is 18.3. The zero-order chi connectivity index (χ0) is 41.4. The van der Waals surface area contributed by atoms with Crippen molar-refractivity contribution in [2.24, 2.45) is 0 Å². The summed E-state index contributed by atoms with van der Waals surface area (Å²) in [5.74, 6) is -0.450. The Labute approximate surface area is 348 Å². The molecule has 4 aromatic carbocycles. The van der Waals surface area contributed by atoms with Crippen LogP contribution in [0, 0.1) is 0 Å². The number of rotatable bonds is 18. The van der Waals surface area contributed by atoms with Crippen molar-refractivity contribution in [2.45, 2.75) is 50.5 Å². The number of carboxylic acid groups (broad SMARTS) is 1. The topological polar surface area (TPSA) is 193 Å². The van der Waals surface area contributed by atoms with Crippen LogP contribution < -0.4 is 34.9 Å². The van der Waals surface area contributed by atoms with Crippen molar-refractivity contribution >= 4 is 45.1 Å². The number of aromatic amines is 1. The second-order valence-corrected chi connectivity index (χ2v) is 15.4. The van der Waals surface area contributed by atoms with Crippen LogP contribution in [-0.4, -0.2) is 81.9 Å². The molecule has 0 radical (unpaired) electrons. The molecule has 0 aliphatic carbocycles. The molecule has 0 bridgehead atoms. The highest BCUT2D eigenvalue weighted by molar-refractivity contribution is 7.17. The van der Waals surface area contributed by atoms with E-state index in [0.29, 0.717) is 41.8 Å². The first-order valence-electron chi connectivity index (χ1n) is 19.3. The first-order valence-corrected chi connectivity index (χ1v) is 20.2. The monoisotopic (exact) mass is 830 g/mol. The Kier molecular flexibility index (Phi) is 12.2. The van der Waals surface area contributed by atoms with E-state index >= 15 is 0 Å². The number of H-pyrrole nitrogens is 1. The Morgan fingerprint density at radius 2 is 1.32 bits per heavy atom. The number of ether oxygens (including phenoxy) is 4. The van der Waals surface area contributed by atoms with Gasteiger partial charge < -0.3 is 45.0 Å². The number of carbonyl (C=O) groups is 4. The van der Waals surface area contributed by atoms with E-state index in [2.05, 4.69) is 25.9 Å². The van der Waals surface area contributed by atoms with E-state index in [4.69, 9.17) is 18.9 Å². The van der Waals surface area contributed by atoms with Crippen LogP contribution in [0.5, 0.6) is 23.0 Å². The van der Waals surface area contributed by atoms with Gasteiger partial charge in [0.05, 0.1) is 12.9 Å². The summed E-state index contributed by atoms with van der Waals surface area (Å²) in [5, 5.41) is 21.4. The molecule has 2 aliphatic rings. The van der Waals surface area contributed by atoms with Crippen molar-refractivity contribution in [2.75, 3.05) is 20.1 Å². The third kappa shape index (κ3) is 9.85. The van der Waals surface area contributed by atoms with Gasteiger partial charge in [0, 0.05) is 48.9 Å². The minimum absolute atomic E-state index is 0.0496. The maximum atomic E-state index is 14.5. The van der Waals surface area contributed by atoms with E-state index < -0.39 is 41.8 Å². The van der Waals surface area contributed by atoms with Crippen LogP contribution in [0.25, 0.3) is 10.1 Å². The Bertz CT molecular complexity index is 2420. The summed E-state index contributed by atoms with van der Waals surface area (Å²) in [7, 11) is 0. The fraction of sp³-hybridized carbons (Fsp3) is 0.250. The van der Waals surface area contributed by atoms with E-state index in [0.717, 1.165) is 32.3 Å². The highest BCUT2D eigenvalue weighted by Gasteiger charge is 2.31. The smallest absolute Gasteiger partial charge is 0.326 e. The Morgan fingerprint density at radius 1 is 0.700 bits per heavy atom. The summed E-state index contributed by atoms with van der Waals surface area (Å²) in [6.45, 7) is 0.869. The summed E-state index contributed by atoms with van der Waals surface area (Å²) < 4.78 is 23.3. The summed E-state index contributed by atoms with van der Waals surface area (Å²) in [4.78, 5) is 63.7. The molecule has 0 fully saturated rings. The van der Waals surface area contributed by atoms with Gasteiger partial charge in [-0.15, -0.1) is 11.3 Å². The molecular weight excluding hydrogens is 789 g/mol. The lowest BCUT2D eigenvalue weighted by Gasteiger charge is -2.26. The summed E-state index contributed by atoms with van der Waals surface area (Å²) in [6.07, 6.45) is 3.05. The first-order chi connectivity index (χ1) is 29.2. The van der Waals surface area contributed by atoms with Crippen LogP contribution in [0.1, 0.15) is 27.9 Å². The van der Waals surface area contributed by atoms with Gasteiger partial charge in [0.2, 0.25) is 31.3 Å². The molecule has 6 aromatic rings. The van der Waals surface area contributed by atoms with Crippen LogP contribution in [0.3, 0.4) is 0 Å². The van der Waals surface area contributed by atoms with Crippen molar-refractivity contribution in [3.63, 3.8) is 0 Å². The van der Waals surface area contributed by atoms with Gasteiger partial charge in [0.15, 0.2) is 23.0 Å². The number of aromatic nitrogens is 2. The zero-order valence-electron chi connectivity index (χ0n) is 32.3. The van der Waals surface area contributed by atoms with Crippen LogP contribution in [-0.2, 0) is 51.5 Å². The maximum Gasteiger partial charge on any atom is 0.326 e. The minimum Gasteiger partial charge on any atom is -0.480 e. The summed E-state index contributed by atoms with van der Waals surface area (Å²) in [5.41, 5.74) is 3.87. The maximum absolute atomic E-state index is 14.5. The third-order valence-corrected chi connectivity index (χ3v) is 11.2. The molecule has 2 aliphatic heterocycles. The number of benzene rings is 4.